The van der Waals surface area contributed by atoms with Crippen molar-refractivity contribution >= 4 is 11.0 Å². The van der Waals surface area contributed by atoms with E-state index in [4.69, 9.17) is 10.2 Å². The third-order valence-electron chi connectivity index (χ3n) is 3.68. The third kappa shape index (κ3) is 1.45. The quantitative estimate of drug-likeness (QED) is 0.833. The minimum Gasteiger partial charge on any atom is -0.459 e. The van der Waals surface area contributed by atoms with Gasteiger partial charge < -0.3 is 10.2 Å². The molecule has 2 nitrogen and oxygen atoms in total. The van der Waals surface area contributed by atoms with Crippen LogP contribution in [0.2, 0.25) is 0 Å². The molecule has 0 amide bonds. The van der Waals surface area contributed by atoms with Crippen LogP contribution >= 0.6 is 0 Å². The van der Waals surface area contributed by atoms with Crippen LogP contribution < -0.4 is 5.73 Å². The van der Waals surface area contributed by atoms with Crippen LogP contribution in [0.1, 0.15) is 35.8 Å². The van der Waals surface area contributed by atoms with Gasteiger partial charge in [0.05, 0.1) is 6.04 Å². The van der Waals surface area contributed by atoms with Crippen LogP contribution in [0.3, 0.4) is 0 Å². The Hall–Kier alpha value is -1.28. The molecule has 1 atom stereocenters. The topological polar surface area (TPSA) is 39.2 Å². The first-order valence-electron chi connectivity index (χ1n) is 5.92. The summed E-state index contributed by atoms with van der Waals surface area (Å²) >= 11 is 0. The molecule has 1 aromatic carbocycles. The van der Waals surface area contributed by atoms with Gasteiger partial charge in [-0.25, -0.2) is 0 Å². The molecule has 2 aromatic rings. The summed E-state index contributed by atoms with van der Waals surface area (Å²) in [6.07, 6.45) is 2.49. The number of hydrogen-bond donors (Lipinski definition) is 1. The van der Waals surface area contributed by atoms with Gasteiger partial charge in [0.25, 0.3) is 0 Å². The molecule has 1 fully saturated rings. The van der Waals surface area contributed by atoms with E-state index in [9.17, 15) is 0 Å². The SMILES string of the molecule is Cc1ccc2cc(C(N)C3CC3)oc2c1C. The first-order chi connectivity index (χ1) is 7.66. The second kappa shape index (κ2) is 3.36. The summed E-state index contributed by atoms with van der Waals surface area (Å²) in [6.45, 7) is 4.21. The molecule has 2 heteroatoms. The summed E-state index contributed by atoms with van der Waals surface area (Å²) in [6, 6.07) is 6.45. The number of hydrogen-bond acceptors (Lipinski definition) is 2. The Bertz CT molecular complexity index is 537. The van der Waals surface area contributed by atoms with Gasteiger partial charge in [0, 0.05) is 5.39 Å². The van der Waals surface area contributed by atoms with E-state index in [1.165, 1.54) is 29.4 Å². The van der Waals surface area contributed by atoms with Crippen molar-refractivity contribution in [3.8, 4) is 0 Å². The van der Waals surface area contributed by atoms with E-state index in [0.29, 0.717) is 5.92 Å². The van der Waals surface area contributed by atoms with Gasteiger partial charge >= 0.3 is 0 Å². The van der Waals surface area contributed by atoms with E-state index in [-0.39, 0.29) is 6.04 Å². The van der Waals surface area contributed by atoms with E-state index in [1.807, 2.05) is 0 Å². The zero-order valence-electron chi connectivity index (χ0n) is 9.79. The molecule has 1 unspecified atom stereocenters. The highest BCUT2D eigenvalue weighted by molar-refractivity contribution is 5.82. The molecule has 1 aromatic heterocycles. The molecule has 2 N–H and O–H groups in total. The maximum Gasteiger partial charge on any atom is 0.137 e. The summed E-state index contributed by atoms with van der Waals surface area (Å²) in [5, 5.41) is 1.18. The molecule has 3 rings (SSSR count). The summed E-state index contributed by atoms with van der Waals surface area (Å²) in [7, 11) is 0. The highest BCUT2D eigenvalue weighted by Crippen LogP contribution is 2.41. The molecule has 0 bridgehead atoms. The van der Waals surface area contributed by atoms with Crippen molar-refractivity contribution in [1.29, 1.82) is 0 Å². The Labute approximate surface area is 95.4 Å². The van der Waals surface area contributed by atoms with E-state index in [1.54, 1.807) is 0 Å². The second-order valence-electron chi connectivity index (χ2n) is 4.94. The fourth-order valence-electron chi connectivity index (χ4n) is 2.21. The van der Waals surface area contributed by atoms with Gasteiger partial charge in [0.15, 0.2) is 0 Å². The molecule has 0 aliphatic heterocycles. The zero-order chi connectivity index (χ0) is 11.3. The average Bonchev–Trinajstić information content (AvgIpc) is 3.02. The van der Waals surface area contributed by atoms with Crippen molar-refractivity contribution in [2.45, 2.75) is 32.7 Å². The molecule has 0 radical (unpaired) electrons. The highest BCUT2D eigenvalue weighted by Gasteiger charge is 2.31. The number of fused-ring (bicyclic) bond motifs is 1. The van der Waals surface area contributed by atoms with Gasteiger partial charge in [0.2, 0.25) is 0 Å². The lowest BCUT2D eigenvalue weighted by atomic mass is 10.1. The standard InChI is InChI=1S/C14H17NO/c1-8-3-4-11-7-12(13(15)10-5-6-10)16-14(11)9(8)2/h3-4,7,10,13H,5-6,15H2,1-2H3. The number of aryl methyl sites for hydroxylation is 2. The van der Waals surface area contributed by atoms with Gasteiger partial charge in [-0.1, -0.05) is 12.1 Å². The van der Waals surface area contributed by atoms with Crippen molar-refractivity contribution in [3.05, 3.63) is 35.1 Å². The fraction of sp³-hybridized carbons (Fsp3) is 0.429. The number of rotatable bonds is 2. The van der Waals surface area contributed by atoms with Crippen molar-refractivity contribution in [2.75, 3.05) is 0 Å². The molecule has 0 spiro atoms. The lowest BCUT2D eigenvalue weighted by molar-refractivity contribution is 0.466. The van der Waals surface area contributed by atoms with Gasteiger partial charge in [0.1, 0.15) is 11.3 Å². The monoisotopic (exact) mass is 215 g/mol. The van der Waals surface area contributed by atoms with Crippen molar-refractivity contribution < 1.29 is 4.42 Å². The molecule has 1 heterocycles. The second-order valence-corrected chi connectivity index (χ2v) is 4.94. The summed E-state index contributed by atoms with van der Waals surface area (Å²) in [5.41, 5.74) is 9.66. The normalized spacial score (nSPS) is 17.9. The van der Waals surface area contributed by atoms with Crippen molar-refractivity contribution in [3.63, 3.8) is 0 Å². The van der Waals surface area contributed by atoms with Gasteiger partial charge in [-0.2, -0.15) is 0 Å². The third-order valence-corrected chi connectivity index (χ3v) is 3.68. The number of furan rings is 1. The summed E-state index contributed by atoms with van der Waals surface area (Å²) in [5.74, 6) is 1.59. The highest BCUT2D eigenvalue weighted by atomic mass is 16.3. The van der Waals surface area contributed by atoms with Crippen LogP contribution in [0.5, 0.6) is 0 Å². The number of nitrogens with two attached hydrogens (primary N) is 1. The predicted molar refractivity (Wildman–Crippen MR) is 65.3 cm³/mol. The minimum absolute atomic E-state index is 0.0899. The van der Waals surface area contributed by atoms with Gasteiger partial charge in [-0.05, 0) is 49.8 Å². The van der Waals surface area contributed by atoms with Crippen LogP contribution in [0.25, 0.3) is 11.0 Å². The van der Waals surface area contributed by atoms with Crippen molar-refractivity contribution in [1.82, 2.24) is 0 Å². The lowest BCUT2D eigenvalue weighted by Gasteiger charge is -2.05. The lowest BCUT2D eigenvalue weighted by Crippen LogP contribution is -2.10. The molecule has 84 valence electrons. The van der Waals surface area contributed by atoms with Crippen LogP contribution in [-0.2, 0) is 0 Å². The molecular formula is C14H17NO. The van der Waals surface area contributed by atoms with E-state index < -0.39 is 0 Å². The van der Waals surface area contributed by atoms with Crippen LogP contribution in [-0.4, -0.2) is 0 Å². The smallest absolute Gasteiger partial charge is 0.137 e. The maximum absolute atomic E-state index is 6.16. The van der Waals surface area contributed by atoms with Crippen LogP contribution in [0.15, 0.2) is 22.6 Å². The largest absolute Gasteiger partial charge is 0.459 e. The summed E-state index contributed by atoms with van der Waals surface area (Å²) in [4.78, 5) is 0. The Morgan fingerprint density at radius 2 is 2.06 bits per heavy atom. The van der Waals surface area contributed by atoms with Crippen LogP contribution in [0, 0.1) is 19.8 Å². The molecule has 1 aliphatic carbocycles. The summed E-state index contributed by atoms with van der Waals surface area (Å²) < 4.78 is 5.92. The molecule has 16 heavy (non-hydrogen) atoms. The predicted octanol–water partition coefficient (Wildman–Crippen LogP) is 3.46. The number of benzene rings is 1. The Kier molecular flexibility index (Phi) is 2.08. The van der Waals surface area contributed by atoms with E-state index in [0.717, 1.165) is 11.3 Å². The molecular weight excluding hydrogens is 198 g/mol. The Morgan fingerprint density at radius 3 is 2.75 bits per heavy atom. The van der Waals surface area contributed by atoms with Crippen molar-refractivity contribution in [2.24, 2.45) is 11.7 Å². The fourth-order valence-corrected chi connectivity index (χ4v) is 2.21. The van der Waals surface area contributed by atoms with Gasteiger partial charge in [-0.3, -0.25) is 0 Å². The first kappa shape index (κ1) is 9.91. The molecule has 0 saturated heterocycles. The van der Waals surface area contributed by atoms with E-state index in [2.05, 4.69) is 32.0 Å². The van der Waals surface area contributed by atoms with Gasteiger partial charge in [-0.15, -0.1) is 0 Å². The van der Waals surface area contributed by atoms with Crippen LogP contribution in [0.4, 0.5) is 0 Å². The van der Waals surface area contributed by atoms with E-state index >= 15 is 0 Å². The molecule has 1 aliphatic rings. The average molecular weight is 215 g/mol. The zero-order valence-corrected chi connectivity index (χ0v) is 9.79. The first-order valence-corrected chi connectivity index (χ1v) is 5.92. The Morgan fingerprint density at radius 1 is 1.31 bits per heavy atom. The maximum atomic E-state index is 6.16. The minimum atomic E-state index is 0.0899. The Balaban J connectivity index is 2.11. The molecule has 1 saturated carbocycles.